The molecule has 0 fully saturated rings. The number of methoxy groups -OCH3 is 1. The summed E-state index contributed by atoms with van der Waals surface area (Å²) in [7, 11) is -0.505. The number of sulfonamides is 1. The molecule has 138 valence electrons. The summed E-state index contributed by atoms with van der Waals surface area (Å²) in [6.45, 7) is 4.63. The minimum atomic E-state index is -3.79. The quantitative estimate of drug-likeness (QED) is 0.550. The summed E-state index contributed by atoms with van der Waals surface area (Å²) < 4.78 is 32.4. The number of halogens is 1. The second-order valence-electron chi connectivity index (χ2n) is 5.41. The molecule has 1 rings (SSSR count). The highest BCUT2D eigenvalue weighted by Gasteiger charge is 2.28. The molecule has 9 heteroatoms. The van der Waals surface area contributed by atoms with E-state index in [1.54, 1.807) is 33.0 Å². The lowest BCUT2D eigenvalue weighted by Crippen LogP contribution is -2.50. The lowest BCUT2D eigenvalue weighted by molar-refractivity contribution is -0.123. The van der Waals surface area contributed by atoms with Gasteiger partial charge in [0.05, 0.1) is 12.0 Å². The van der Waals surface area contributed by atoms with Crippen molar-refractivity contribution in [3.63, 3.8) is 0 Å². The molecule has 1 atom stereocenters. The van der Waals surface area contributed by atoms with Crippen LogP contribution in [0, 0.1) is 5.92 Å². The van der Waals surface area contributed by atoms with Crippen LogP contribution in [0.1, 0.15) is 13.8 Å². The van der Waals surface area contributed by atoms with Gasteiger partial charge in [0.2, 0.25) is 15.9 Å². The van der Waals surface area contributed by atoms with Crippen molar-refractivity contribution in [3.8, 4) is 5.75 Å². The number of amides is 1. The second kappa shape index (κ2) is 10.5. The van der Waals surface area contributed by atoms with Crippen LogP contribution in [0.2, 0.25) is 0 Å². The number of rotatable bonds is 9. The van der Waals surface area contributed by atoms with E-state index < -0.39 is 16.1 Å². The highest BCUT2D eigenvalue weighted by Crippen LogP contribution is 2.16. The summed E-state index contributed by atoms with van der Waals surface area (Å²) in [6, 6.07) is 5.17. The Labute approximate surface area is 150 Å². The molecule has 1 aromatic carbocycles. The van der Waals surface area contributed by atoms with E-state index in [1.807, 2.05) is 0 Å². The summed E-state index contributed by atoms with van der Waals surface area (Å²) in [5.74, 6) is 0.0408. The Bertz CT molecular complexity index is 606. The molecule has 0 spiro atoms. The van der Waals surface area contributed by atoms with Crippen LogP contribution in [0.25, 0.3) is 0 Å². The van der Waals surface area contributed by atoms with Crippen LogP contribution in [0.4, 0.5) is 0 Å². The number of ether oxygens (including phenoxy) is 1. The number of carbonyl (C=O) groups excluding carboxylic acids is 1. The molecule has 0 aliphatic heterocycles. The summed E-state index contributed by atoms with van der Waals surface area (Å²) in [5, 5.41) is 5.62. The van der Waals surface area contributed by atoms with Crippen molar-refractivity contribution in [2.45, 2.75) is 24.8 Å². The first-order valence-corrected chi connectivity index (χ1v) is 8.89. The van der Waals surface area contributed by atoms with Gasteiger partial charge in [-0.2, -0.15) is 4.72 Å². The molecule has 0 aromatic heterocycles. The molecule has 0 bridgehead atoms. The molecule has 7 nitrogen and oxygen atoms in total. The van der Waals surface area contributed by atoms with E-state index in [0.717, 1.165) is 0 Å². The first kappa shape index (κ1) is 22.6. The summed E-state index contributed by atoms with van der Waals surface area (Å²) in [6.07, 6.45) is 0. The van der Waals surface area contributed by atoms with Gasteiger partial charge in [-0.25, -0.2) is 8.42 Å². The summed E-state index contributed by atoms with van der Waals surface area (Å²) in [4.78, 5) is 12.3. The largest absolute Gasteiger partial charge is 0.497 e. The standard InChI is InChI=1S/C15H25N3O4S.ClH/c1-11(2)14(15(19)17-10-9-16-3)18-23(20,21)13-7-5-12(22-4)6-8-13;/h5-8,11,14,16,18H,9-10H2,1-4H3,(H,17,19);1H. The molecular formula is C15H26ClN3O4S. The lowest BCUT2D eigenvalue weighted by atomic mass is 10.1. The van der Waals surface area contributed by atoms with Crippen molar-refractivity contribution >= 4 is 28.3 Å². The van der Waals surface area contributed by atoms with E-state index >= 15 is 0 Å². The molecule has 0 aliphatic rings. The maximum Gasteiger partial charge on any atom is 0.241 e. The number of carbonyl (C=O) groups is 1. The second-order valence-corrected chi connectivity index (χ2v) is 7.13. The Morgan fingerprint density at radius 1 is 1.17 bits per heavy atom. The zero-order valence-corrected chi connectivity index (χ0v) is 16.0. The van der Waals surface area contributed by atoms with Gasteiger partial charge >= 0.3 is 0 Å². The van der Waals surface area contributed by atoms with Crippen molar-refractivity contribution in [1.29, 1.82) is 0 Å². The predicted molar refractivity (Wildman–Crippen MR) is 96.1 cm³/mol. The SMILES string of the molecule is CNCCNC(=O)C(NS(=O)(=O)c1ccc(OC)cc1)C(C)C.Cl. The fraction of sp³-hybridized carbons (Fsp3) is 0.533. The molecule has 0 heterocycles. The van der Waals surface area contributed by atoms with E-state index in [0.29, 0.717) is 18.8 Å². The lowest BCUT2D eigenvalue weighted by Gasteiger charge is -2.21. The fourth-order valence-corrected chi connectivity index (χ4v) is 3.25. The van der Waals surface area contributed by atoms with Gasteiger partial charge in [-0.15, -0.1) is 12.4 Å². The van der Waals surface area contributed by atoms with Crippen LogP contribution >= 0.6 is 12.4 Å². The number of benzene rings is 1. The molecule has 0 saturated heterocycles. The van der Waals surface area contributed by atoms with Gasteiger partial charge in [-0.05, 0) is 37.2 Å². The first-order valence-electron chi connectivity index (χ1n) is 7.40. The Morgan fingerprint density at radius 2 is 1.75 bits per heavy atom. The molecule has 3 N–H and O–H groups in total. The fourth-order valence-electron chi connectivity index (χ4n) is 1.90. The van der Waals surface area contributed by atoms with Gasteiger partial charge in [0.1, 0.15) is 11.8 Å². The van der Waals surface area contributed by atoms with Crippen molar-refractivity contribution < 1.29 is 17.9 Å². The van der Waals surface area contributed by atoms with Gasteiger partial charge in [-0.1, -0.05) is 13.8 Å². The maximum absolute atomic E-state index is 12.4. The summed E-state index contributed by atoms with van der Waals surface area (Å²) >= 11 is 0. The molecule has 1 aromatic rings. The predicted octanol–water partition coefficient (Wildman–Crippen LogP) is 0.756. The van der Waals surface area contributed by atoms with Crippen LogP contribution in [-0.4, -0.2) is 47.6 Å². The molecule has 0 saturated carbocycles. The summed E-state index contributed by atoms with van der Waals surface area (Å²) in [5.41, 5.74) is 0. The Morgan fingerprint density at radius 3 is 2.21 bits per heavy atom. The first-order chi connectivity index (χ1) is 10.8. The minimum Gasteiger partial charge on any atom is -0.497 e. The van der Waals surface area contributed by atoms with Crippen LogP contribution in [0.15, 0.2) is 29.2 Å². The third kappa shape index (κ3) is 6.64. The van der Waals surface area contributed by atoms with Gasteiger partial charge in [-0.3, -0.25) is 4.79 Å². The topological polar surface area (TPSA) is 96.5 Å². The Kier molecular flexibility index (Phi) is 9.91. The van der Waals surface area contributed by atoms with Crippen LogP contribution in [-0.2, 0) is 14.8 Å². The zero-order valence-electron chi connectivity index (χ0n) is 14.3. The Hall–Kier alpha value is -1.35. The smallest absolute Gasteiger partial charge is 0.241 e. The average Bonchev–Trinajstić information content (AvgIpc) is 2.52. The van der Waals surface area contributed by atoms with E-state index in [1.165, 1.54) is 19.2 Å². The van der Waals surface area contributed by atoms with E-state index in [9.17, 15) is 13.2 Å². The van der Waals surface area contributed by atoms with E-state index in [4.69, 9.17) is 4.74 Å². The minimum absolute atomic E-state index is 0. The Balaban J connectivity index is 0.00000529. The molecule has 0 aliphatic carbocycles. The molecular weight excluding hydrogens is 354 g/mol. The highest BCUT2D eigenvalue weighted by atomic mass is 35.5. The molecule has 1 amide bonds. The van der Waals surface area contributed by atoms with Crippen molar-refractivity contribution in [2.24, 2.45) is 5.92 Å². The highest BCUT2D eigenvalue weighted by molar-refractivity contribution is 7.89. The van der Waals surface area contributed by atoms with Crippen LogP contribution in [0.5, 0.6) is 5.75 Å². The van der Waals surface area contributed by atoms with Crippen LogP contribution in [0.3, 0.4) is 0 Å². The van der Waals surface area contributed by atoms with Crippen LogP contribution < -0.4 is 20.1 Å². The van der Waals surface area contributed by atoms with Crippen molar-refractivity contribution in [2.75, 3.05) is 27.2 Å². The third-order valence-electron chi connectivity index (χ3n) is 3.28. The monoisotopic (exact) mass is 379 g/mol. The van der Waals surface area contributed by atoms with Crippen molar-refractivity contribution in [3.05, 3.63) is 24.3 Å². The van der Waals surface area contributed by atoms with E-state index in [-0.39, 0.29) is 29.1 Å². The molecule has 1 unspecified atom stereocenters. The average molecular weight is 380 g/mol. The number of hydrogen-bond acceptors (Lipinski definition) is 5. The maximum atomic E-state index is 12.4. The van der Waals surface area contributed by atoms with Gasteiger partial charge in [0.25, 0.3) is 0 Å². The number of nitrogens with one attached hydrogen (secondary N) is 3. The number of hydrogen-bond donors (Lipinski definition) is 3. The van der Waals surface area contributed by atoms with Gasteiger partial charge in [0.15, 0.2) is 0 Å². The third-order valence-corrected chi connectivity index (χ3v) is 4.73. The number of likely N-dealkylation sites (N-methyl/N-ethyl adjacent to an activating group) is 1. The zero-order chi connectivity index (χ0) is 17.5. The van der Waals surface area contributed by atoms with Gasteiger partial charge < -0.3 is 15.4 Å². The molecule has 0 radical (unpaired) electrons. The van der Waals surface area contributed by atoms with E-state index in [2.05, 4.69) is 15.4 Å². The van der Waals surface area contributed by atoms with Gasteiger partial charge in [0, 0.05) is 13.1 Å². The molecule has 24 heavy (non-hydrogen) atoms. The normalized spacial score (nSPS) is 12.4. The van der Waals surface area contributed by atoms with Crippen molar-refractivity contribution in [1.82, 2.24) is 15.4 Å².